The van der Waals surface area contributed by atoms with Crippen LogP contribution in [-0.2, 0) is 9.59 Å². The molecule has 0 bridgehead atoms. The highest BCUT2D eigenvalue weighted by molar-refractivity contribution is 5.95. The molecule has 0 aromatic heterocycles. The van der Waals surface area contributed by atoms with Crippen molar-refractivity contribution in [3.05, 3.63) is 29.8 Å². The molecule has 1 rings (SSSR count). The SMILES string of the molecule is CCC(C(=O)O)N(C)CC(=O)Nc1ccc(C(N)=O)cc1. The summed E-state index contributed by atoms with van der Waals surface area (Å²) in [5.74, 6) is -1.83. The number of likely N-dealkylation sites (N-methyl/N-ethyl adjacent to an activating group) is 1. The number of aliphatic carboxylic acids is 1. The van der Waals surface area contributed by atoms with Gasteiger partial charge in [-0.15, -0.1) is 0 Å². The largest absolute Gasteiger partial charge is 0.480 e. The average Bonchev–Trinajstić information content (AvgIpc) is 2.39. The summed E-state index contributed by atoms with van der Waals surface area (Å²) in [6.07, 6.45) is 0.409. The number of anilines is 1. The second-order valence-corrected chi connectivity index (χ2v) is 4.67. The minimum atomic E-state index is -0.960. The lowest BCUT2D eigenvalue weighted by atomic mass is 10.2. The van der Waals surface area contributed by atoms with E-state index in [1.165, 1.54) is 17.0 Å². The number of carbonyl (C=O) groups is 3. The van der Waals surface area contributed by atoms with Crippen molar-refractivity contribution in [1.29, 1.82) is 0 Å². The van der Waals surface area contributed by atoms with Crippen molar-refractivity contribution in [2.45, 2.75) is 19.4 Å². The lowest BCUT2D eigenvalue weighted by Gasteiger charge is -2.22. The molecule has 1 atom stereocenters. The van der Waals surface area contributed by atoms with E-state index in [4.69, 9.17) is 10.8 Å². The number of amides is 2. The fraction of sp³-hybridized carbons (Fsp3) is 0.357. The third kappa shape index (κ3) is 4.88. The highest BCUT2D eigenvalue weighted by atomic mass is 16.4. The minimum Gasteiger partial charge on any atom is -0.480 e. The molecule has 1 aromatic rings. The molecule has 0 heterocycles. The van der Waals surface area contributed by atoms with Crippen LogP contribution in [0.1, 0.15) is 23.7 Å². The Morgan fingerprint density at radius 1 is 1.29 bits per heavy atom. The highest BCUT2D eigenvalue weighted by Gasteiger charge is 2.22. The Hall–Kier alpha value is -2.41. The molecule has 1 unspecified atom stereocenters. The van der Waals surface area contributed by atoms with Crippen LogP contribution in [-0.4, -0.2) is 47.4 Å². The monoisotopic (exact) mass is 293 g/mol. The maximum atomic E-state index is 11.8. The molecule has 4 N–H and O–H groups in total. The predicted octanol–water partition coefficient (Wildman–Crippen LogP) is 0.519. The first-order valence-electron chi connectivity index (χ1n) is 6.48. The highest BCUT2D eigenvalue weighted by Crippen LogP contribution is 2.09. The van der Waals surface area contributed by atoms with Gasteiger partial charge in [0.05, 0.1) is 6.54 Å². The number of nitrogens with two attached hydrogens (primary N) is 1. The van der Waals surface area contributed by atoms with Gasteiger partial charge in [-0.2, -0.15) is 0 Å². The van der Waals surface area contributed by atoms with Gasteiger partial charge in [-0.3, -0.25) is 19.3 Å². The Morgan fingerprint density at radius 2 is 1.86 bits per heavy atom. The Kier molecular flexibility index (Phi) is 5.86. The predicted molar refractivity (Wildman–Crippen MR) is 77.9 cm³/mol. The van der Waals surface area contributed by atoms with Crippen LogP contribution in [0.4, 0.5) is 5.69 Å². The number of carbonyl (C=O) groups excluding carboxylic acids is 2. The molecule has 114 valence electrons. The van der Waals surface area contributed by atoms with E-state index in [2.05, 4.69) is 5.32 Å². The summed E-state index contributed by atoms with van der Waals surface area (Å²) < 4.78 is 0. The van der Waals surface area contributed by atoms with Crippen LogP contribution < -0.4 is 11.1 Å². The van der Waals surface area contributed by atoms with E-state index in [0.29, 0.717) is 17.7 Å². The lowest BCUT2D eigenvalue weighted by Crippen LogP contribution is -2.42. The quantitative estimate of drug-likeness (QED) is 0.678. The number of rotatable bonds is 7. The Balaban J connectivity index is 2.61. The summed E-state index contributed by atoms with van der Waals surface area (Å²) in [5.41, 5.74) is 5.98. The van der Waals surface area contributed by atoms with Crippen molar-refractivity contribution < 1.29 is 19.5 Å². The van der Waals surface area contributed by atoms with E-state index < -0.39 is 17.9 Å². The maximum absolute atomic E-state index is 11.8. The zero-order chi connectivity index (χ0) is 16.0. The van der Waals surface area contributed by atoms with E-state index in [1.807, 2.05) is 0 Å². The summed E-state index contributed by atoms with van der Waals surface area (Å²) in [4.78, 5) is 35.2. The molecule has 1 aromatic carbocycles. The van der Waals surface area contributed by atoms with Crippen molar-refractivity contribution in [2.24, 2.45) is 5.73 Å². The number of primary amides is 1. The fourth-order valence-corrected chi connectivity index (χ4v) is 1.93. The number of hydrogen-bond acceptors (Lipinski definition) is 4. The van der Waals surface area contributed by atoms with Gasteiger partial charge in [-0.25, -0.2) is 0 Å². The summed E-state index contributed by atoms with van der Waals surface area (Å²) in [7, 11) is 1.58. The van der Waals surface area contributed by atoms with E-state index in [-0.39, 0.29) is 12.5 Å². The maximum Gasteiger partial charge on any atom is 0.320 e. The first-order chi connectivity index (χ1) is 9.85. The molecule has 0 aliphatic heterocycles. The second kappa shape index (κ2) is 7.39. The molecule has 0 aliphatic carbocycles. The van der Waals surface area contributed by atoms with Gasteiger partial charge >= 0.3 is 5.97 Å². The molecule has 0 saturated carbocycles. The number of carboxylic acid groups (broad SMARTS) is 1. The van der Waals surface area contributed by atoms with E-state index in [1.54, 1.807) is 26.1 Å². The van der Waals surface area contributed by atoms with Crippen LogP contribution in [0, 0.1) is 0 Å². The first kappa shape index (κ1) is 16.6. The third-order valence-corrected chi connectivity index (χ3v) is 3.05. The number of hydrogen-bond donors (Lipinski definition) is 3. The Labute approximate surface area is 122 Å². The molecule has 21 heavy (non-hydrogen) atoms. The lowest BCUT2D eigenvalue weighted by molar-refractivity contribution is -0.143. The van der Waals surface area contributed by atoms with Crippen molar-refractivity contribution in [3.63, 3.8) is 0 Å². The zero-order valence-electron chi connectivity index (χ0n) is 12.0. The molecule has 7 nitrogen and oxygen atoms in total. The molecule has 0 fully saturated rings. The van der Waals surface area contributed by atoms with Gasteiger partial charge in [0, 0.05) is 11.3 Å². The van der Waals surface area contributed by atoms with Gasteiger partial charge in [0.1, 0.15) is 6.04 Å². The molecular formula is C14H19N3O4. The fourth-order valence-electron chi connectivity index (χ4n) is 1.93. The van der Waals surface area contributed by atoms with Crippen molar-refractivity contribution in [3.8, 4) is 0 Å². The Bertz CT molecular complexity index is 528. The van der Waals surface area contributed by atoms with Crippen molar-refractivity contribution in [1.82, 2.24) is 4.90 Å². The van der Waals surface area contributed by atoms with Crippen LogP contribution in [0.3, 0.4) is 0 Å². The van der Waals surface area contributed by atoms with Gasteiger partial charge in [0.25, 0.3) is 0 Å². The summed E-state index contributed by atoms with van der Waals surface area (Å²) >= 11 is 0. The van der Waals surface area contributed by atoms with Gasteiger partial charge in [-0.1, -0.05) is 6.92 Å². The average molecular weight is 293 g/mol. The zero-order valence-corrected chi connectivity index (χ0v) is 12.0. The van der Waals surface area contributed by atoms with Crippen LogP contribution in [0.25, 0.3) is 0 Å². The first-order valence-corrected chi connectivity index (χ1v) is 6.48. The van der Waals surface area contributed by atoms with Crippen LogP contribution >= 0.6 is 0 Å². The molecular weight excluding hydrogens is 274 g/mol. The van der Waals surface area contributed by atoms with Gasteiger partial charge in [0.15, 0.2) is 0 Å². The van der Waals surface area contributed by atoms with Crippen LogP contribution in [0.2, 0.25) is 0 Å². The topological polar surface area (TPSA) is 113 Å². The number of carboxylic acids is 1. The number of nitrogens with zero attached hydrogens (tertiary/aromatic N) is 1. The molecule has 0 radical (unpaired) electrons. The van der Waals surface area contributed by atoms with Crippen LogP contribution in [0.5, 0.6) is 0 Å². The Morgan fingerprint density at radius 3 is 2.29 bits per heavy atom. The second-order valence-electron chi connectivity index (χ2n) is 4.67. The molecule has 7 heteroatoms. The summed E-state index contributed by atoms with van der Waals surface area (Å²) in [6, 6.07) is 5.44. The smallest absolute Gasteiger partial charge is 0.320 e. The molecule has 0 spiro atoms. The van der Waals surface area contributed by atoms with Gasteiger partial charge in [0.2, 0.25) is 11.8 Å². The normalized spacial score (nSPS) is 12.0. The molecule has 2 amide bonds. The third-order valence-electron chi connectivity index (χ3n) is 3.05. The number of nitrogens with one attached hydrogen (secondary N) is 1. The summed E-state index contributed by atoms with van der Waals surface area (Å²) in [5, 5.41) is 11.6. The van der Waals surface area contributed by atoms with Gasteiger partial charge < -0.3 is 16.2 Å². The van der Waals surface area contributed by atoms with Crippen molar-refractivity contribution >= 4 is 23.5 Å². The standard InChI is InChI=1S/C14H19N3O4/c1-3-11(14(20)21)17(2)8-12(18)16-10-6-4-9(5-7-10)13(15)19/h4-7,11H,3,8H2,1-2H3,(H2,15,19)(H,16,18)(H,20,21). The van der Waals surface area contributed by atoms with Crippen LogP contribution in [0.15, 0.2) is 24.3 Å². The number of benzene rings is 1. The minimum absolute atomic E-state index is 0.0393. The van der Waals surface area contributed by atoms with Crippen molar-refractivity contribution in [2.75, 3.05) is 18.9 Å². The molecule has 0 aliphatic rings. The molecule has 0 saturated heterocycles. The van der Waals surface area contributed by atoms with E-state index in [9.17, 15) is 14.4 Å². The van der Waals surface area contributed by atoms with E-state index >= 15 is 0 Å². The van der Waals surface area contributed by atoms with Gasteiger partial charge in [-0.05, 0) is 37.7 Å². The van der Waals surface area contributed by atoms with E-state index in [0.717, 1.165) is 0 Å². The summed E-state index contributed by atoms with van der Waals surface area (Å²) in [6.45, 7) is 1.71.